The van der Waals surface area contributed by atoms with Gasteiger partial charge in [-0.1, -0.05) is 0 Å². The van der Waals surface area contributed by atoms with Crippen LogP contribution in [0.15, 0.2) is 47.1 Å². The van der Waals surface area contributed by atoms with Crippen molar-refractivity contribution in [3.63, 3.8) is 0 Å². The smallest absolute Gasteiger partial charge is 0.257 e. The van der Waals surface area contributed by atoms with Crippen molar-refractivity contribution in [2.75, 3.05) is 71.6 Å². The van der Waals surface area contributed by atoms with Crippen LogP contribution in [0, 0.1) is 5.41 Å². The van der Waals surface area contributed by atoms with Gasteiger partial charge in [0.05, 0.1) is 54.5 Å². The normalized spacial score (nSPS) is 18.9. The Morgan fingerprint density at radius 3 is 2.36 bits per heavy atom. The molecule has 2 saturated heterocycles. The molecule has 1 amide bonds. The number of sulfonamides is 1. The molecule has 10 nitrogen and oxygen atoms in total. The monoisotopic (exact) mass is 554 g/mol. The Balaban J connectivity index is 1.30. The Labute approximate surface area is 228 Å². The van der Waals surface area contributed by atoms with Gasteiger partial charge in [0.2, 0.25) is 10.0 Å². The fourth-order valence-electron chi connectivity index (χ4n) is 5.67. The number of hydrogen-bond donors (Lipinski definition) is 3. The zero-order valence-electron chi connectivity index (χ0n) is 21.8. The molecule has 3 N–H and O–H groups in total. The zero-order chi connectivity index (χ0) is 27.0. The van der Waals surface area contributed by atoms with Gasteiger partial charge in [0.1, 0.15) is 0 Å². The lowest BCUT2D eigenvalue weighted by Crippen LogP contribution is -2.36. The van der Waals surface area contributed by atoms with E-state index < -0.39 is 22.4 Å². The van der Waals surface area contributed by atoms with Crippen LogP contribution in [0.4, 0.5) is 22.7 Å². The summed E-state index contributed by atoms with van der Waals surface area (Å²) in [5.41, 5.74) is 4.35. The van der Waals surface area contributed by atoms with Crippen molar-refractivity contribution in [2.24, 2.45) is 5.41 Å². The van der Waals surface area contributed by atoms with Gasteiger partial charge in [0, 0.05) is 37.3 Å². The summed E-state index contributed by atoms with van der Waals surface area (Å²) < 4.78 is 38.4. The molecule has 3 aliphatic rings. The second kappa shape index (κ2) is 10.4. The van der Waals surface area contributed by atoms with Crippen LogP contribution in [0.2, 0.25) is 0 Å². The highest BCUT2D eigenvalue weighted by molar-refractivity contribution is 7.92. The van der Waals surface area contributed by atoms with Crippen molar-refractivity contribution in [2.45, 2.75) is 25.7 Å². The molecule has 39 heavy (non-hydrogen) atoms. The molecule has 1 spiro atoms. The zero-order valence-corrected chi connectivity index (χ0v) is 22.6. The summed E-state index contributed by atoms with van der Waals surface area (Å²) in [6.07, 6.45) is 6.30. The second-order valence-electron chi connectivity index (χ2n) is 10.8. The van der Waals surface area contributed by atoms with E-state index >= 15 is 0 Å². The van der Waals surface area contributed by atoms with E-state index in [0.717, 1.165) is 55.7 Å². The largest absolute Gasteiger partial charge is 0.462 e. The van der Waals surface area contributed by atoms with Crippen LogP contribution in [-0.4, -0.2) is 71.2 Å². The molecule has 0 bridgehead atoms. The molecule has 0 atom stereocenters. The first-order valence-corrected chi connectivity index (χ1v) is 15.2. The number of carbonyl (C=O) groups is 1. The lowest BCUT2D eigenvalue weighted by Gasteiger charge is -2.35. The maximum absolute atomic E-state index is 13.7. The summed E-state index contributed by atoms with van der Waals surface area (Å²) in [7, 11) is -3.69. The number of hydrogen-bond acceptors (Lipinski definition) is 8. The van der Waals surface area contributed by atoms with Crippen LogP contribution in [0.1, 0.15) is 36.0 Å². The van der Waals surface area contributed by atoms with Crippen LogP contribution in [0.25, 0.3) is 11.0 Å². The number of piperidine rings is 1. The first-order chi connectivity index (χ1) is 18.8. The Hall–Kier alpha value is -3.28. The number of carbonyl (C=O) groups excluding carboxylic acids is 1. The number of aliphatic hydroxyl groups excluding tert-OH is 1. The minimum atomic E-state index is -3.69. The van der Waals surface area contributed by atoms with Crippen LogP contribution in [-0.2, 0) is 14.8 Å². The third-order valence-electron chi connectivity index (χ3n) is 8.14. The van der Waals surface area contributed by atoms with Crippen molar-refractivity contribution < 1.29 is 27.5 Å². The molecule has 1 aromatic heterocycles. The highest BCUT2D eigenvalue weighted by atomic mass is 32.2. The van der Waals surface area contributed by atoms with Gasteiger partial charge in [-0.15, -0.1) is 0 Å². The minimum absolute atomic E-state index is 0.266. The van der Waals surface area contributed by atoms with Crippen LogP contribution < -0.4 is 19.8 Å². The Morgan fingerprint density at radius 2 is 1.64 bits per heavy atom. The van der Waals surface area contributed by atoms with E-state index in [-0.39, 0.29) is 5.91 Å². The molecule has 6 rings (SSSR count). The molecular formula is C28H34N4O6S. The molecule has 1 aliphatic carbocycles. The first-order valence-electron chi connectivity index (χ1n) is 13.5. The number of benzene rings is 2. The third kappa shape index (κ3) is 5.57. The highest BCUT2D eigenvalue weighted by Crippen LogP contribution is 2.54. The van der Waals surface area contributed by atoms with Crippen molar-refractivity contribution in [3.05, 3.63) is 48.2 Å². The summed E-state index contributed by atoms with van der Waals surface area (Å²) in [6, 6.07) is 10.7. The van der Waals surface area contributed by atoms with Crippen LogP contribution in [0.3, 0.4) is 0 Å². The van der Waals surface area contributed by atoms with Gasteiger partial charge < -0.3 is 29.4 Å². The van der Waals surface area contributed by atoms with Gasteiger partial charge >= 0.3 is 0 Å². The molecular weight excluding hydrogens is 520 g/mol. The molecule has 3 heterocycles. The summed E-state index contributed by atoms with van der Waals surface area (Å²) in [4.78, 5) is 18.1. The van der Waals surface area contributed by atoms with E-state index in [2.05, 4.69) is 19.8 Å². The maximum atomic E-state index is 13.7. The number of fused-ring (bicyclic) bond motifs is 1. The highest BCUT2D eigenvalue weighted by Gasteiger charge is 2.44. The summed E-state index contributed by atoms with van der Waals surface area (Å²) in [5.74, 6) is -0.657. The van der Waals surface area contributed by atoms with Gasteiger partial charge in [-0.25, -0.2) is 8.42 Å². The van der Waals surface area contributed by atoms with Gasteiger partial charge in [-0.3, -0.25) is 9.52 Å². The summed E-state index contributed by atoms with van der Waals surface area (Å²) in [6.45, 7) is 3.90. The number of nitrogens with zero attached hydrogens (tertiary/aromatic N) is 2. The van der Waals surface area contributed by atoms with Crippen molar-refractivity contribution in [3.8, 4) is 0 Å². The topological polar surface area (TPSA) is 124 Å². The quantitative estimate of drug-likeness (QED) is 0.386. The maximum Gasteiger partial charge on any atom is 0.257 e. The van der Waals surface area contributed by atoms with Crippen LogP contribution in [0.5, 0.6) is 0 Å². The van der Waals surface area contributed by atoms with E-state index in [0.29, 0.717) is 41.3 Å². The molecule has 208 valence electrons. The standard InChI is InChI=1S/C28H34N4O6S/c33-12-16-39(35,36)30-21-1-2-23(24(18-21)31-8-6-28(4-5-28)7-9-31)27(34)29-22-17-20-3-13-38-26(20)25(19-22)32-10-14-37-15-11-32/h1-3,13,17-19,30,33H,4-12,14-16H2,(H,29,34). The minimum Gasteiger partial charge on any atom is -0.462 e. The van der Waals surface area contributed by atoms with E-state index in [4.69, 9.17) is 14.3 Å². The van der Waals surface area contributed by atoms with Crippen molar-refractivity contribution in [1.29, 1.82) is 0 Å². The van der Waals surface area contributed by atoms with Gasteiger partial charge in [-0.05, 0) is 67.5 Å². The number of amides is 1. The number of nitrogens with one attached hydrogen (secondary N) is 2. The Morgan fingerprint density at radius 1 is 0.923 bits per heavy atom. The van der Waals surface area contributed by atoms with E-state index in [1.807, 2.05) is 18.2 Å². The number of ether oxygens (including phenoxy) is 1. The lowest BCUT2D eigenvalue weighted by molar-refractivity contribution is 0.102. The molecule has 3 fully saturated rings. The van der Waals surface area contributed by atoms with Crippen molar-refractivity contribution >= 4 is 49.6 Å². The predicted molar refractivity (Wildman–Crippen MR) is 151 cm³/mol. The number of rotatable bonds is 8. The average molecular weight is 555 g/mol. The SMILES string of the molecule is O=C(Nc1cc(N2CCOCC2)c2occc2c1)c1ccc(NS(=O)(=O)CCO)cc1N1CCC2(CC1)CC2. The van der Waals surface area contributed by atoms with Crippen LogP contribution >= 0.6 is 0 Å². The lowest BCUT2D eigenvalue weighted by atomic mass is 9.93. The Bertz CT molecular complexity index is 1470. The molecule has 0 radical (unpaired) electrons. The molecule has 3 aromatic rings. The molecule has 2 aromatic carbocycles. The van der Waals surface area contributed by atoms with Gasteiger partial charge in [0.25, 0.3) is 5.91 Å². The number of anilines is 4. The van der Waals surface area contributed by atoms with Gasteiger partial charge in [-0.2, -0.15) is 0 Å². The van der Waals surface area contributed by atoms with E-state index in [1.54, 1.807) is 24.5 Å². The Kier molecular flexibility index (Phi) is 6.90. The summed E-state index contributed by atoms with van der Waals surface area (Å²) in [5, 5.41) is 13.1. The second-order valence-corrected chi connectivity index (χ2v) is 12.6. The molecule has 1 saturated carbocycles. The predicted octanol–water partition coefficient (Wildman–Crippen LogP) is 3.64. The van der Waals surface area contributed by atoms with E-state index in [9.17, 15) is 13.2 Å². The third-order valence-corrected chi connectivity index (χ3v) is 9.41. The average Bonchev–Trinajstić information content (AvgIpc) is 3.50. The van der Waals surface area contributed by atoms with E-state index in [1.165, 1.54) is 12.8 Å². The molecule has 0 unspecified atom stereocenters. The number of morpholine rings is 1. The molecule has 2 aliphatic heterocycles. The summed E-state index contributed by atoms with van der Waals surface area (Å²) >= 11 is 0. The number of aliphatic hydroxyl groups is 1. The van der Waals surface area contributed by atoms with Crippen molar-refractivity contribution in [1.82, 2.24) is 0 Å². The van der Waals surface area contributed by atoms with Gasteiger partial charge in [0.15, 0.2) is 5.58 Å². The first kappa shape index (κ1) is 26.0. The molecule has 11 heteroatoms. The fraction of sp³-hybridized carbons (Fsp3) is 0.464. The fourth-order valence-corrected chi connectivity index (χ4v) is 6.50. The number of furan rings is 1.